The highest BCUT2D eigenvalue weighted by molar-refractivity contribution is 6.14. The highest BCUT2D eigenvalue weighted by atomic mass is 16.2. The Hall–Kier alpha value is -3.15. The first-order valence-corrected chi connectivity index (χ1v) is 8.81. The highest BCUT2D eigenvalue weighted by Crippen LogP contribution is 2.26. The number of amides is 3. The predicted octanol–water partition coefficient (Wildman–Crippen LogP) is 3.66. The van der Waals surface area contributed by atoms with Crippen LogP contribution in [0.25, 0.3) is 0 Å². The molecule has 0 unspecified atom stereocenters. The summed E-state index contributed by atoms with van der Waals surface area (Å²) in [5, 5.41) is 5.44. The fraction of sp³-hybridized carbons (Fsp3) is 0.286. The maximum atomic E-state index is 13.0. The van der Waals surface area contributed by atoms with Crippen LogP contribution in [0, 0.1) is 5.41 Å². The van der Waals surface area contributed by atoms with Gasteiger partial charge in [-0.2, -0.15) is 0 Å². The number of anilines is 3. The normalized spacial score (nSPS) is 10.8. The predicted molar refractivity (Wildman–Crippen MR) is 108 cm³/mol. The molecule has 0 atom stereocenters. The standard InChI is InChI=1S/C21H25N3O3/c1-5-24(18-9-7-6-8-10-18)20(27)21(3,4)19(26)23-17-13-11-16(12-14-17)22-15(2)25/h6-14H,5H2,1-4H3,(H,22,25)(H,23,26). The molecule has 6 nitrogen and oxygen atoms in total. The maximum absolute atomic E-state index is 13.0. The van der Waals surface area contributed by atoms with Crippen molar-refractivity contribution >= 4 is 34.8 Å². The number of nitrogens with one attached hydrogen (secondary N) is 2. The summed E-state index contributed by atoms with van der Waals surface area (Å²) in [6.07, 6.45) is 0. The zero-order chi connectivity index (χ0) is 20.0. The highest BCUT2D eigenvalue weighted by Gasteiger charge is 2.39. The van der Waals surface area contributed by atoms with Gasteiger partial charge in [-0.1, -0.05) is 18.2 Å². The van der Waals surface area contributed by atoms with E-state index in [9.17, 15) is 14.4 Å². The van der Waals surface area contributed by atoms with Crippen molar-refractivity contribution in [2.24, 2.45) is 5.41 Å². The number of hydrogen-bond donors (Lipinski definition) is 2. The topological polar surface area (TPSA) is 78.5 Å². The molecule has 0 heterocycles. The average Bonchev–Trinajstić information content (AvgIpc) is 2.64. The summed E-state index contributed by atoms with van der Waals surface area (Å²) in [5.41, 5.74) is 0.697. The van der Waals surface area contributed by atoms with Gasteiger partial charge >= 0.3 is 0 Å². The van der Waals surface area contributed by atoms with Crippen LogP contribution in [0.5, 0.6) is 0 Å². The first kappa shape index (κ1) is 20.2. The molecule has 27 heavy (non-hydrogen) atoms. The maximum Gasteiger partial charge on any atom is 0.242 e. The van der Waals surface area contributed by atoms with Gasteiger partial charge < -0.3 is 15.5 Å². The fourth-order valence-corrected chi connectivity index (χ4v) is 2.61. The summed E-state index contributed by atoms with van der Waals surface area (Å²) < 4.78 is 0. The first-order valence-electron chi connectivity index (χ1n) is 8.81. The Balaban J connectivity index is 2.13. The van der Waals surface area contributed by atoms with Gasteiger partial charge in [0.15, 0.2) is 0 Å². The molecule has 0 aliphatic rings. The monoisotopic (exact) mass is 367 g/mol. The average molecular weight is 367 g/mol. The molecule has 0 bridgehead atoms. The van der Waals surface area contributed by atoms with Crippen LogP contribution in [0.2, 0.25) is 0 Å². The van der Waals surface area contributed by atoms with Crippen molar-refractivity contribution in [3.05, 3.63) is 54.6 Å². The Kier molecular flexibility index (Phi) is 6.34. The Morgan fingerprint density at radius 2 is 1.41 bits per heavy atom. The van der Waals surface area contributed by atoms with E-state index in [0.717, 1.165) is 5.69 Å². The van der Waals surface area contributed by atoms with E-state index in [-0.39, 0.29) is 11.8 Å². The van der Waals surface area contributed by atoms with Crippen LogP contribution in [-0.4, -0.2) is 24.3 Å². The molecule has 2 N–H and O–H groups in total. The van der Waals surface area contributed by atoms with Crippen LogP contribution in [0.4, 0.5) is 17.1 Å². The van der Waals surface area contributed by atoms with Gasteiger partial charge in [0.05, 0.1) is 0 Å². The Morgan fingerprint density at radius 3 is 1.89 bits per heavy atom. The molecule has 2 aromatic rings. The van der Waals surface area contributed by atoms with Crippen molar-refractivity contribution in [3.63, 3.8) is 0 Å². The third-order valence-corrected chi connectivity index (χ3v) is 4.19. The van der Waals surface area contributed by atoms with Crippen LogP contribution < -0.4 is 15.5 Å². The SMILES string of the molecule is CCN(C(=O)C(C)(C)C(=O)Nc1ccc(NC(C)=O)cc1)c1ccccc1. The second kappa shape index (κ2) is 8.49. The molecular weight excluding hydrogens is 342 g/mol. The Bertz CT molecular complexity index is 814. The van der Waals surface area contributed by atoms with E-state index in [1.807, 2.05) is 37.3 Å². The van der Waals surface area contributed by atoms with Gasteiger partial charge in [-0.3, -0.25) is 14.4 Å². The van der Waals surface area contributed by atoms with Gasteiger partial charge in [0, 0.05) is 30.5 Å². The number of carbonyl (C=O) groups excluding carboxylic acids is 3. The molecule has 0 radical (unpaired) electrons. The lowest BCUT2D eigenvalue weighted by Crippen LogP contribution is -2.47. The lowest BCUT2D eigenvalue weighted by Gasteiger charge is -2.30. The molecule has 0 saturated heterocycles. The van der Waals surface area contributed by atoms with Gasteiger partial charge in [-0.15, -0.1) is 0 Å². The number of hydrogen-bond acceptors (Lipinski definition) is 3. The van der Waals surface area contributed by atoms with Crippen molar-refractivity contribution in [2.75, 3.05) is 22.1 Å². The van der Waals surface area contributed by atoms with E-state index in [1.165, 1.54) is 6.92 Å². The molecule has 0 fully saturated rings. The summed E-state index contributed by atoms with van der Waals surface area (Å²) in [4.78, 5) is 38.4. The summed E-state index contributed by atoms with van der Waals surface area (Å²) >= 11 is 0. The summed E-state index contributed by atoms with van der Waals surface area (Å²) in [6, 6.07) is 16.0. The van der Waals surface area contributed by atoms with Crippen molar-refractivity contribution in [1.29, 1.82) is 0 Å². The molecule has 2 aromatic carbocycles. The van der Waals surface area contributed by atoms with Crippen LogP contribution in [-0.2, 0) is 14.4 Å². The van der Waals surface area contributed by atoms with Crippen molar-refractivity contribution in [2.45, 2.75) is 27.7 Å². The molecule has 0 spiro atoms. The Labute approximate surface area is 159 Å². The van der Waals surface area contributed by atoms with Crippen molar-refractivity contribution in [3.8, 4) is 0 Å². The fourth-order valence-electron chi connectivity index (χ4n) is 2.61. The first-order chi connectivity index (χ1) is 12.8. The lowest BCUT2D eigenvalue weighted by molar-refractivity contribution is -0.136. The third-order valence-electron chi connectivity index (χ3n) is 4.19. The van der Waals surface area contributed by atoms with E-state index in [1.54, 1.807) is 43.0 Å². The molecule has 0 aromatic heterocycles. The van der Waals surface area contributed by atoms with Crippen LogP contribution >= 0.6 is 0 Å². The molecule has 0 saturated carbocycles. The minimum absolute atomic E-state index is 0.168. The second-order valence-electron chi connectivity index (χ2n) is 6.72. The summed E-state index contributed by atoms with van der Waals surface area (Å²) in [7, 11) is 0. The number of rotatable bonds is 6. The summed E-state index contributed by atoms with van der Waals surface area (Å²) in [5.74, 6) is -0.836. The zero-order valence-electron chi connectivity index (χ0n) is 16.1. The molecule has 6 heteroatoms. The van der Waals surface area contributed by atoms with Crippen molar-refractivity contribution in [1.82, 2.24) is 0 Å². The number of benzene rings is 2. The van der Waals surface area contributed by atoms with Gasteiger partial charge in [0.1, 0.15) is 5.41 Å². The molecule has 142 valence electrons. The van der Waals surface area contributed by atoms with Crippen LogP contribution in [0.3, 0.4) is 0 Å². The number of para-hydroxylation sites is 1. The van der Waals surface area contributed by atoms with E-state index in [0.29, 0.717) is 17.9 Å². The van der Waals surface area contributed by atoms with Gasteiger partial charge in [-0.05, 0) is 57.2 Å². The van der Waals surface area contributed by atoms with Gasteiger partial charge in [0.2, 0.25) is 17.7 Å². The van der Waals surface area contributed by atoms with E-state index in [4.69, 9.17) is 0 Å². The quantitative estimate of drug-likeness (QED) is 0.765. The minimum Gasteiger partial charge on any atom is -0.326 e. The van der Waals surface area contributed by atoms with E-state index in [2.05, 4.69) is 10.6 Å². The van der Waals surface area contributed by atoms with Crippen molar-refractivity contribution < 1.29 is 14.4 Å². The molecule has 0 aliphatic heterocycles. The minimum atomic E-state index is -1.25. The molecule has 3 amide bonds. The van der Waals surface area contributed by atoms with Crippen LogP contribution in [0.15, 0.2) is 54.6 Å². The lowest BCUT2D eigenvalue weighted by atomic mass is 9.89. The zero-order valence-corrected chi connectivity index (χ0v) is 16.1. The molecular formula is C21H25N3O3. The largest absolute Gasteiger partial charge is 0.326 e. The smallest absolute Gasteiger partial charge is 0.242 e. The number of nitrogens with zero attached hydrogens (tertiary/aromatic N) is 1. The van der Waals surface area contributed by atoms with Crippen LogP contribution in [0.1, 0.15) is 27.7 Å². The van der Waals surface area contributed by atoms with Gasteiger partial charge in [-0.25, -0.2) is 0 Å². The number of carbonyl (C=O) groups is 3. The third kappa shape index (κ3) is 4.94. The molecule has 2 rings (SSSR count). The van der Waals surface area contributed by atoms with E-state index < -0.39 is 11.3 Å². The van der Waals surface area contributed by atoms with E-state index >= 15 is 0 Å². The second-order valence-corrected chi connectivity index (χ2v) is 6.72. The Morgan fingerprint density at radius 1 is 0.889 bits per heavy atom. The molecule has 0 aliphatic carbocycles. The summed E-state index contributed by atoms with van der Waals surface area (Å²) in [6.45, 7) is 6.99. The van der Waals surface area contributed by atoms with Gasteiger partial charge in [0.25, 0.3) is 0 Å².